The fraction of sp³-hybridized carbons (Fsp3) is 0.385. The zero-order valence-electron chi connectivity index (χ0n) is 10.6. The van der Waals surface area contributed by atoms with E-state index < -0.39 is 0 Å². The molecule has 1 unspecified atom stereocenters. The molecule has 0 aliphatic rings. The fourth-order valence-electron chi connectivity index (χ4n) is 1.84. The molecule has 1 atom stereocenters. The highest BCUT2D eigenvalue weighted by Gasteiger charge is 2.15. The molecule has 0 spiro atoms. The summed E-state index contributed by atoms with van der Waals surface area (Å²) in [6, 6.07) is 5.73. The summed E-state index contributed by atoms with van der Waals surface area (Å²) in [6.07, 6.45) is 3.66. The van der Waals surface area contributed by atoms with Crippen LogP contribution in [-0.4, -0.2) is 16.1 Å². The second kappa shape index (κ2) is 7.20. The van der Waals surface area contributed by atoms with Crippen LogP contribution in [0.1, 0.15) is 29.8 Å². The molecule has 19 heavy (non-hydrogen) atoms. The van der Waals surface area contributed by atoms with Gasteiger partial charge in [0.2, 0.25) is 0 Å². The number of rotatable bonds is 6. The highest BCUT2D eigenvalue weighted by atomic mass is 35.5. The van der Waals surface area contributed by atoms with Crippen molar-refractivity contribution >= 4 is 34.7 Å². The van der Waals surface area contributed by atoms with Gasteiger partial charge in [0.1, 0.15) is 0 Å². The van der Waals surface area contributed by atoms with E-state index in [-0.39, 0.29) is 6.04 Å². The van der Waals surface area contributed by atoms with E-state index in [4.69, 9.17) is 23.2 Å². The van der Waals surface area contributed by atoms with Gasteiger partial charge in [-0.15, -0.1) is 5.10 Å². The van der Waals surface area contributed by atoms with Crippen LogP contribution in [0.5, 0.6) is 0 Å². The lowest BCUT2D eigenvalue weighted by Crippen LogP contribution is -2.23. The van der Waals surface area contributed by atoms with Crippen molar-refractivity contribution in [3.05, 3.63) is 44.9 Å². The first-order valence-corrected chi connectivity index (χ1v) is 7.68. The quantitative estimate of drug-likeness (QED) is 0.871. The van der Waals surface area contributed by atoms with Crippen LogP contribution in [0.15, 0.2) is 24.4 Å². The van der Waals surface area contributed by atoms with E-state index >= 15 is 0 Å². The molecule has 0 radical (unpaired) electrons. The highest BCUT2D eigenvalue weighted by Crippen LogP contribution is 2.27. The third-order valence-electron chi connectivity index (χ3n) is 2.79. The van der Waals surface area contributed by atoms with Crippen LogP contribution in [0.2, 0.25) is 10.0 Å². The van der Waals surface area contributed by atoms with Gasteiger partial charge in [0.25, 0.3) is 0 Å². The summed E-state index contributed by atoms with van der Waals surface area (Å²) in [5.41, 5.74) is 1.04. The lowest BCUT2D eigenvalue weighted by Gasteiger charge is -2.17. The molecule has 2 rings (SSSR count). The van der Waals surface area contributed by atoms with E-state index in [9.17, 15) is 0 Å². The van der Waals surface area contributed by atoms with Crippen molar-refractivity contribution in [1.82, 2.24) is 14.9 Å². The summed E-state index contributed by atoms with van der Waals surface area (Å²) in [6.45, 7) is 3.09. The summed E-state index contributed by atoms with van der Waals surface area (Å²) in [5, 5.41) is 8.84. The number of aromatic nitrogens is 2. The van der Waals surface area contributed by atoms with Crippen molar-refractivity contribution in [1.29, 1.82) is 0 Å². The van der Waals surface area contributed by atoms with Gasteiger partial charge in [0.05, 0.1) is 11.1 Å². The molecule has 1 N–H and O–H groups in total. The smallest absolute Gasteiger partial charge is 0.0669 e. The monoisotopic (exact) mass is 315 g/mol. The van der Waals surface area contributed by atoms with Crippen LogP contribution in [-0.2, 0) is 6.42 Å². The van der Waals surface area contributed by atoms with Crippen LogP contribution in [0.25, 0.3) is 0 Å². The molecule has 1 aromatic carbocycles. The largest absolute Gasteiger partial charge is 0.309 e. The van der Waals surface area contributed by atoms with Crippen molar-refractivity contribution in [2.75, 3.05) is 6.54 Å². The van der Waals surface area contributed by atoms with Gasteiger partial charge in [0, 0.05) is 16.1 Å². The van der Waals surface area contributed by atoms with Gasteiger partial charge in [-0.1, -0.05) is 34.6 Å². The van der Waals surface area contributed by atoms with Crippen LogP contribution in [0, 0.1) is 0 Å². The maximum absolute atomic E-state index is 6.22. The molecule has 0 amide bonds. The van der Waals surface area contributed by atoms with Gasteiger partial charge in [0.15, 0.2) is 0 Å². The van der Waals surface area contributed by atoms with Gasteiger partial charge in [-0.05, 0) is 54.7 Å². The van der Waals surface area contributed by atoms with Crippen LogP contribution in [0.4, 0.5) is 0 Å². The molecule has 0 saturated heterocycles. The molecule has 0 saturated carbocycles. The summed E-state index contributed by atoms with van der Waals surface area (Å²) in [5.74, 6) is 0. The Morgan fingerprint density at radius 1 is 1.37 bits per heavy atom. The minimum atomic E-state index is 0.177. The summed E-state index contributed by atoms with van der Waals surface area (Å²) >= 11 is 13.7. The standard InChI is InChI=1S/C13H15Cl2N3S/c1-2-5-16-12(13-8-17-18-19-13)7-9-6-10(14)3-4-11(9)15/h3-4,6,8,12,16H,2,5,7H2,1H3. The molecule has 0 bridgehead atoms. The normalized spacial score (nSPS) is 12.6. The molecular weight excluding hydrogens is 301 g/mol. The van der Waals surface area contributed by atoms with E-state index in [1.807, 2.05) is 12.1 Å². The minimum Gasteiger partial charge on any atom is -0.309 e. The van der Waals surface area contributed by atoms with Gasteiger partial charge in [-0.3, -0.25) is 0 Å². The highest BCUT2D eigenvalue weighted by molar-refractivity contribution is 7.05. The third-order valence-corrected chi connectivity index (χ3v) is 4.17. The van der Waals surface area contributed by atoms with Gasteiger partial charge in [-0.25, -0.2) is 0 Å². The van der Waals surface area contributed by atoms with Crippen LogP contribution in [0.3, 0.4) is 0 Å². The Balaban J connectivity index is 2.17. The molecule has 1 aromatic heterocycles. The first-order valence-electron chi connectivity index (χ1n) is 6.15. The number of hydrogen-bond acceptors (Lipinski definition) is 4. The minimum absolute atomic E-state index is 0.177. The Kier molecular flexibility index (Phi) is 5.58. The maximum atomic E-state index is 6.22. The van der Waals surface area contributed by atoms with Crippen LogP contribution < -0.4 is 5.32 Å². The number of nitrogens with zero attached hydrogens (tertiary/aromatic N) is 2. The van der Waals surface area contributed by atoms with E-state index in [1.54, 1.807) is 12.3 Å². The molecular formula is C13H15Cl2N3S. The van der Waals surface area contributed by atoms with Gasteiger partial charge < -0.3 is 5.32 Å². The lowest BCUT2D eigenvalue weighted by molar-refractivity contribution is 0.536. The zero-order valence-corrected chi connectivity index (χ0v) is 12.9. The van der Waals surface area contributed by atoms with Gasteiger partial charge >= 0.3 is 0 Å². The fourth-order valence-corrected chi connectivity index (χ4v) is 2.81. The second-order valence-electron chi connectivity index (χ2n) is 4.27. The summed E-state index contributed by atoms with van der Waals surface area (Å²) < 4.78 is 3.93. The summed E-state index contributed by atoms with van der Waals surface area (Å²) in [7, 11) is 0. The lowest BCUT2D eigenvalue weighted by atomic mass is 10.0. The van der Waals surface area contributed by atoms with Crippen molar-refractivity contribution in [2.45, 2.75) is 25.8 Å². The van der Waals surface area contributed by atoms with Crippen LogP contribution >= 0.6 is 34.7 Å². The Morgan fingerprint density at radius 2 is 2.21 bits per heavy atom. The average molecular weight is 316 g/mol. The first kappa shape index (κ1) is 14.7. The molecule has 102 valence electrons. The molecule has 0 aliphatic heterocycles. The molecule has 1 heterocycles. The van der Waals surface area contributed by atoms with E-state index in [0.29, 0.717) is 5.02 Å². The second-order valence-corrected chi connectivity index (χ2v) is 5.93. The maximum Gasteiger partial charge on any atom is 0.0669 e. The SMILES string of the molecule is CCCNC(Cc1cc(Cl)ccc1Cl)c1cnns1. The number of benzene rings is 1. The van der Waals surface area contributed by atoms with Gasteiger partial charge in [-0.2, -0.15) is 0 Å². The molecule has 2 aromatic rings. The molecule has 0 aliphatic carbocycles. The molecule has 6 heteroatoms. The molecule has 0 fully saturated rings. The summed E-state index contributed by atoms with van der Waals surface area (Å²) in [4.78, 5) is 1.12. The number of hydrogen-bond donors (Lipinski definition) is 1. The van der Waals surface area contributed by atoms with Crippen molar-refractivity contribution < 1.29 is 0 Å². The third kappa shape index (κ3) is 4.14. The number of halogens is 2. The van der Waals surface area contributed by atoms with E-state index in [0.717, 1.165) is 34.8 Å². The van der Waals surface area contributed by atoms with Crippen molar-refractivity contribution in [3.8, 4) is 0 Å². The first-order chi connectivity index (χ1) is 9.20. The predicted molar refractivity (Wildman–Crippen MR) is 81.1 cm³/mol. The number of nitrogens with one attached hydrogen (secondary N) is 1. The average Bonchev–Trinajstić information content (AvgIpc) is 2.92. The zero-order chi connectivity index (χ0) is 13.7. The topological polar surface area (TPSA) is 37.8 Å². The predicted octanol–water partition coefficient (Wildman–Crippen LogP) is 4.13. The Labute approximate surface area is 127 Å². The molecule has 3 nitrogen and oxygen atoms in total. The van der Waals surface area contributed by atoms with Crippen molar-refractivity contribution in [3.63, 3.8) is 0 Å². The van der Waals surface area contributed by atoms with E-state index in [1.165, 1.54) is 11.5 Å². The Hall–Kier alpha value is -0.680. The van der Waals surface area contributed by atoms with Crippen molar-refractivity contribution in [2.24, 2.45) is 0 Å². The van der Waals surface area contributed by atoms with E-state index in [2.05, 4.69) is 21.8 Å². The Bertz CT molecular complexity index is 517. The Morgan fingerprint density at radius 3 is 2.89 bits per heavy atom.